The van der Waals surface area contributed by atoms with Crippen molar-refractivity contribution in [2.75, 3.05) is 25.0 Å². The molecule has 0 radical (unpaired) electrons. The fourth-order valence-electron chi connectivity index (χ4n) is 5.81. The Hall–Kier alpha value is -5.44. The third kappa shape index (κ3) is 6.43. The lowest BCUT2D eigenvalue weighted by Crippen LogP contribution is -2.37. The predicted molar refractivity (Wildman–Crippen MR) is 172 cm³/mol. The van der Waals surface area contributed by atoms with Crippen LogP contribution in [0.15, 0.2) is 97.2 Å². The van der Waals surface area contributed by atoms with Gasteiger partial charge in [0.05, 0.1) is 22.5 Å². The van der Waals surface area contributed by atoms with Crippen LogP contribution in [0.2, 0.25) is 0 Å². The molecule has 1 atom stereocenters. The fourth-order valence-corrected chi connectivity index (χ4v) is 5.81. The second kappa shape index (κ2) is 13.1. The minimum Gasteiger partial charge on any atom is -0.507 e. The zero-order chi connectivity index (χ0) is 31.3. The minimum atomic E-state index is -0.402. The van der Waals surface area contributed by atoms with E-state index in [0.29, 0.717) is 25.1 Å². The van der Waals surface area contributed by atoms with Crippen LogP contribution < -0.4 is 10.6 Å². The van der Waals surface area contributed by atoms with Gasteiger partial charge in [0.15, 0.2) is 0 Å². The molecule has 6 rings (SSSR count). The smallest absolute Gasteiger partial charge is 0.257 e. The molecule has 2 aromatic heterocycles. The number of benzene rings is 3. The van der Waals surface area contributed by atoms with Crippen LogP contribution in [0.3, 0.4) is 0 Å². The van der Waals surface area contributed by atoms with E-state index in [1.807, 2.05) is 54.3 Å². The van der Waals surface area contributed by atoms with Gasteiger partial charge < -0.3 is 25.6 Å². The molecule has 0 fully saturated rings. The standard InChI is InChI=1S/C36H34FN5O3/c1-2-42-19-17-30-32(36(42)45)34(40-27-8-4-3-5-9-27)33(41-30)24-16-18-38-28(20-24)21-25(23-12-14-26(37)15-13-23)22-39-35(44)29-10-6-7-11-31(29)43/h3-16,18,20,25,40-41,43H,2,17,19,21-22H2,1H3,(H,39,44). The van der Waals surface area contributed by atoms with Gasteiger partial charge in [0.2, 0.25) is 0 Å². The molecule has 0 spiro atoms. The number of nitrogens with one attached hydrogen (secondary N) is 3. The van der Waals surface area contributed by atoms with E-state index in [0.717, 1.165) is 46.0 Å². The molecule has 5 aromatic rings. The van der Waals surface area contributed by atoms with Gasteiger partial charge in [0, 0.05) is 60.8 Å². The van der Waals surface area contributed by atoms with Gasteiger partial charge in [-0.15, -0.1) is 0 Å². The lowest BCUT2D eigenvalue weighted by Gasteiger charge is -2.26. The fraction of sp³-hybridized carbons (Fsp3) is 0.194. The number of phenols is 1. The molecule has 1 aliphatic heterocycles. The summed E-state index contributed by atoms with van der Waals surface area (Å²) in [5.41, 5.74) is 6.58. The molecule has 9 heteroatoms. The summed E-state index contributed by atoms with van der Waals surface area (Å²) in [7, 11) is 0. The van der Waals surface area contributed by atoms with E-state index < -0.39 is 5.91 Å². The van der Waals surface area contributed by atoms with E-state index in [2.05, 4.69) is 20.6 Å². The number of likely N-dealkylation sites (N-methyl/N-ethyl adjacent to an activating group) is 1. The highest BCUT2D eigenvalue weighted by molar-refractivity contribution is 6.06. The van der Waals surface area contributed by atoms with Crippen molar-refractivity contribution in [3.63, 3.8) is 0 Å². The Morgan fingerprint density at radius 3 is 2.56 bits per heavy atom. The number of aromatic hydroxyl groups is 1. The molecular formula is C36H34FN5O3. The van der Waals surface area contributed by atoms with Gasteiger partial charge in [0.1, 0.15) is 11.6 Å². The maximum absolute atomic E-state index is 13.8. The van der Waals surface area contributed by atoms with Gasteiger partial charge in [-0.1, -0.05) is 42.5 Å². The third-order valence-electron chi connectivity index (χ3n) is 8.20. The second-order valence-electron chi connectivity index (χ2n) is 11.1. The summed E-state index contributed by atoms with van der Waals surface area (Å²) in [6.07, 6.45) is 2.91. The normalized spacial score (nSPS) is 13.3. The van der Waals surface area contributed by atoms with Crippen LogP contribution in [0.4, 0.5) is 15.8 Å². The number of anilines is 2. The SMILES string of the molecule is CCN1CCc2[nH]c(-c3ccnc(CC(CNC(=O)c4ccccc4O)c4ccc(F)cc4)c3)c(Nc3ccccc3)c2C1=O. The molecule has 3 aromatic carbocycles. The molecule has 0 bridgehead atoms. The van der Waals surface area contributed by atoms with Crippen LogP contribution in [0, 0.1) is 5.82 Å². The summed E-state index contributed by atoms with van der Waals surface area (Å²) in [6.45, 7) is 3.51. The molecule has 4 N–H and O–H groups in total. The average Bonchev–Trinajstić information content (AvgIpc) is 3.43. The van der Waals surface area contributed by atoms with Crippen LogP contribution >= 0.6 is 0 Å². The van der Waals surface area contributed by atoms with Crippen molar-refractivity contribution in [3.05, 3.63) is 131 Å². The Labute approximate surface area is 261 Å². The van der Waals surface area contributed by atoms with E-state index >= 15 is 0 Å². The number of amides is 2. The summed E-state index contributed by atoms with van der Waals surface area (Å²) in [4.78, 5) is 36.5. The summed E-state index contributed by atoms with van der Waals surface area (Å²) < 4.78 is 13.8. The van der Waals surface area contributed by atoms with Crippen LogP contribution in [0.5, 0.6) is 5.75 Å². The Bertz CT molecular complexity index is 1820. The maximum Gasteiger partial charge on any atom is 0.257 e. The Morgan fingerprint density at radius 2 is 1.80 bits per heavy atom. The molecule has 0 saturated heterocycles. The lowest BCUT2D eigenvalue weighted by molar-refractivity contribution is 0.0749. The van der Waals surface area contributed by atoms with Crippen LogP contribution in [0.25, 0.3) is 11.3 Å². The van der Waals surface area contributed by atoms with Gasteiger partial charge >= 0.3 is 0 Å². The first-order valence-electron chi connectivity index (χ1n) is 15.0. The van der Waals surface area contributed by atoms with Crippen LogP contribution in [-0.2, 0) is 12.8 Å². The van der Waals surface area contributed by atoms with E-state index in [9.17, 15) is 19.1 Å². The molecule has 1 aliphatic rings. The number of rotatable bonds is 10. The highest BCUT2D eigenvalue weighted by Gasteiger charge is 2.31. The monoisotopic (exact) mass is 603 g/mol. The number of hydrogen-bond donors (Lipinski definition) is 4. The second-order valence-corrected chi connectivity index (χ2v) is 11.1. The number of aromatic nitrogens is 2. The average molecular weight is 604 g/mol. The topological polar surface area (TPSA) is 110 Å². The van der Waals surface area contributed by atoms with Crippen LogP contribution in [-0.4, -0.2) is 51.4 Å². The van der Waals surface area contributed by atoms with E-state index in [4.69, 9.17) is 0 Å². The molecule has 228 valence electrons. The van der Waals surface area contributed by atoms with Crippen molar-refractivity contribution in [2.45, 2.75) is 25.7 Å². The number of hydrogen-bond acceptors (Lipinski definition) is 5. The number of carbonyl (C=O) groups excluding carboxylic acids is 2. The zero-order valence-corrected chi connectivity index (χ0v) is 24.9. The van der Waals surface area contributed by atoms with E-state index in [1.165, 1.54) is 18.2 Å². The summed E-state index contributed by atoms with van der Waals surface area (Å²) in [5.74, 6) is -1.09. The van der Waals surface area contributed by atoms with Crippen molar-refractivity contribution in [2.24, 2.45) is 0 Å². The molecule has 8 nitrogen and oxygen atoms in total. The molecule has 0 aliphatic carbocycles. The van der Waals surface area contributed by atoms with Gasteiger partial charge in [-0.05, 0) is 67.4 Å². The Kier molecular flexibility index (Phi) is 8.59. The van der Waals surface area contributed by atoms with E-state index in [-0.39, 0.29) is 35.5 Å². The number of H-pyrrole nitrogens is 1. The third-order valence-corrected chi connectivity index (χ3v) is 8.20. The molecule has 1 unspecified atom stereocenters. The zero-order valence-electron chi connectivity index (χ0n) is 24.9. The lowest BCUT2D eigenvalue weighted by atomic mass is 9.93. The number of halogens is 1. The quantitative estimate of drug-likeness (QED) is 0.147. The van der Waals surface area contributed by atoms with Crippen molar-refractivity contribution in [1.82, 2.24) is 20.2 Å². The first-order valence-corrected chi connectivity index (χ1v) is 15.0. The Morgan fingerprint density at radius 1 is 1.04 bits per heavy atom. The highest BCUT2D eigenvalue weighted by Crippen LogP contribution is 2.38. The van der Waals surface area contributed by atoms with Gasteiger partial charge in [-0.25, -0.2) is 4.39 Å². The number of nitrogens with zero attached hydrogens (tertiary/aromatic N) is 2. The van der Waals surface area contributed by atoms with Gasteiger partial charge in [-0.2, -0.15) is 0 Å². The molecule has 45 heavy (non-hydrogen) atoms. The minimum absolute atomic E-state index is 0.00877. The summed E-state index contributed by atoms with van der Waals surface area (Å²) in [6, 6.07) is 26.2. The summed E-state index contributed by atoms with van der Waals surface area (Å²) >= 11 is 0. The number of aromatic amines is 1. The van der Waals surface area contributed by atoms with Gasteiger partial charge in [-0.3, -0.25) is 14.6 Å². The molecule has 3 heterocycles. The number of pyridine rings is 1. The van der Waals surface area contributed by atoms with Crippen molar-refractivity contribution < 1.29 is 19.1 Å². The highest BCUT2D eigenvalue weighted by atomic mass is 19.1. The van der Waals surface area contributed by atoms with Crippen LogP contribution in [0.1, 0.15) is 50.5 Å². The molecular weight excluding hydrogens is 569 g/mol. The first kappa shape index (κ1) is 29.6. The largest absolute Gasteiger partial charge is 0.507 e. The summed E-state index contributed by atoms with van der Waals surface area (Å²) in [5, 5.41) is 16.6. The van der Waals surface area contributed by atoms with E-state index in [1.54, 1.807) is 36.5 Å². The van der Waals surface area contributed by atoms with Gasteiger partial charge in [0.25, 0.3) is 11.8 Å². The maximum atomic E-state index is 13.8. The number of para-hydroxylation sites is 2. The number of phenolic OH excluding ortho intramolecular Hbond substituents is 1. The first-order chi connectivity index (χ1) is 21.9. The van der Waals surface area contributed by atoms with Crippen molar-refractivity contribution in [1.29, 1.82) is 0 Å². The molecule has 2 amide bonds. The number of carbonyl (C=O) groups is 2. The Balaban J connectivity index is 1.32. The molecule has 0 saturated carbocycles. The predicted octanol–water partition coefficient (Wildman–Crippen LogP) is 6.44. The number of fused-ring (bicyclic) bond motifs is 1. The van der Waals surface area contributed by atoms with Crippen molar-refractivity contribution >= 4 is 23.2 Å². The van der Waals surface area contributed by atoms with Crippen molar-refractivity contribution in [3.8, 4) is 17.0 Å².